The normalized spacial score (nSPS) is 10.2. The Balaban J connectivity index is 1.80. The van der Waals surface area contributed by atoms with Gasteiger partial charge in [0.2, 0.25) is 0 Å². The molecule has 0 heterocycles. The lowest BCUT2D eigenvalue weighted by atomic mass is 10.1. The van der Waals surface area contributed by atoms with Crippen LogP contribution in [0.4, 0.5) is 0 Å². The van der Waals surface area contributed by atoms with E-state index in [-0.39, 0.29) is 12.5 Å². The maximum atomic E-state index is 12.1. The summed E-state index contributed by atoms with van der Waals surface area (Å²) in [6.07, 6.45) is 0.725. The molecule has 0 atom stereocenters. The van der Waals surface area contributed by atoms with Gasteiger partial charge < -0.3 is 19.5 Å². The summed E-state index contributed by atoms with van der Waals surface area (Å²) in [5.41, 5.74) is 2.65. The first-order valence-electron chi connectivity index (χ1n) is 8.84. The highest BCUT2D eigenvalue weighted by Gasteiger charge is 2.14. The smallest absolute Gasteiger partial charge is 0.338 e. The molecule has 0 aliphatic rings. The van der Waals surface area contributed by atoms with Crippen molar-refractivity contribution in [3.8, 4) is 11.5 Å². The number of hydrogen-bond acceptors (Lipinski definition) is 5. The second-order valence-corrected chi connectivity index (χ2v) is 5.90. The Kier molecular flexibility index (Phi) is 7.67. The van der Waals surface area contributed by atoms with E-state index in [0.29, 0.717) is 30.2 Å². The molecule has 0 saturated heterocycles. The van der Waals surface area contributed by atoms with E-state index in [0.717, 1.165) is 6.42 Å². The van der Waals surface area contributed by atoms with E-state index in [1.807, 2.05) is 38.1 Å². The molecular formula is C21H25NO5. The summed E-state index contributed by atoms with van der Waals surface area (Å²) in [5, 5.41) is 2.75. The minimum absolute atomic E-state index is 0.294. The maximum absolute atomic E-state index is 12.1. The van der Waals surface area contributed by atoms with Gasteiger partial charge in [0.1, 0.15) is 0 Å². The first kappa shape index (κ1) is 20.3. The molecule has 1 N–H and O–H groups in total. The van der Waals surface area contributed by atoms with Gasteiger partial charge in [0.15, 0.2) is 18.1 Å². The SMILES string of the molecule is CCOc1ccc(C(=O)OCC(=O)NCCc2ccccc2C)cc1OC. The van der Waals surface area contributed by atoms with Crippen molar-refractivity contribution in [1.29, 1.82) is 0 Å². The molecule has 144 valence electrons. The fraction of sp³-hybridized carbons (Fsp3) is 0.333. The monoisotopic (exact) mass is 371 g/mol. The van der Waals surface area contributed by atoms with Crippen molar-refractivity contribution >= 4 is 11.9 Å². The number of ether oxygens (including phenoxy) is 3. The molecular weight excluding hydrogens is 346 g/mol. The van der Waals surface area contributed by atoms with Crippen molar-refractivity contribution in [3.05, 3.63) is 59.2 Å². The minimum Gasteiger partial charge on any atom is -0.493 e. The molecule has 2 rings (SSSR count). The number of carbonyl (C=O) groups excluding carboxylic acids is 2. The number of rotatable bonds is 9. The summed E-state index contributed by atoms with van der Waals surface area (Å²) >= 11 is 0. The van der Waals surface area contributed by atoms with E-state index in [1.54, 1.807) is 12.1 Å². The zero-order valence-electron chi connectivity index (χ0n) is 15.9. The molecule has 2 aromatic carbocycles. The van der Waals surface area contributed by atoms with E-state index < -0.39 is 5.97 Å². The third kappa shape index (κ3) is 6.02. The van der Waals surface area contributed by atoms with Gasteiger partial charge in [-0.05, 0) is 49.6 Å². The van der Waals surface area contributed by atoms with Gasteiger partial charge >= 0.3 is 5.97 Å². The number of aryl methyl sites for hydroxylation is 1. The third-order valence-corrected chi connectivity index (χ3v) is 4.01. The van der Waals surface area contributed by atoms with Crippen molar-refractivity contribution in [1.82, 2.24) is 5.32 Å². The van der Waals surface area contributed by atoms with Crippen LogP contribution in [0.2, 0.25) is 0 Å². The lowest BCUT2D eigenvalue weighted by molar-refractivity contribution is -0.124. The molecule has 6 heteroatoms. The number of nitrogens with one attached hydrogen (secondary N) is 1. The van der Waals surface area contributed by atoms with Crippen LogP contribution in [0.1, 0.15) is 28.4 Å². The van der Waals surface area contributed by atoms with Crippen molar-refractivity contribution in [3.63, 3.8) is 0 Å². The van der Waals surface area contributed by atoms with Crippen molar-refractivity contribution < 1.29 is 23.8 Å². The lowest BCUT2D eigenvalue weighted by Crippen LogP contribution is -2.30. The van der Waals surface area contributed by atoms with Crippen LogP contribution in [0.15, 0.2) is 42.5 Å². The topological polar surface area (TPSA) is 73.9 Å². The summed E-state index contributed by atoms with van der Waals surface area (Å²) in [6, 6.07) is 12.8. The molecule has 0 radical (unpaired) electrons. The van der Waals surface area contributed by atoms with E-state index in [1.165, 1.54) is 24.3 Å². The Bertz CT molecular complexity index is 788. The second kappa shape index (κ2) is 10.2. The van der Waals surface area contributed by atoms with Crippen molar-refractivity contribution in [2.24, 2.45) is 0 Å². The standard InChI is InChI=1S/C21H25NO5/c1-4-26-18-10-9-17(13-19(18)25-3)21(24)27-14-20(23)22-12-11-16-8-6-5-7-15(16)2/h5-10,13H,4,11-12,14H2,1-3H3,(H,22,23). The number of esters is 1. The molecule has 2 aromatic rings. The minimum atomic E-state index is -0.592. The highest BCUT2D eigenvalue weighted by atomic mass is 16.5. The van der Waals surface area contributed by atoms with E-state index in [9.17, 15) is 9.59 Å². The molecule has 0 aromatic heterocycles. The maximum Gasteiger partial charge on any atom is 0.338 e. The number of carbonyl (C=O) groups is 2. The molecule has 27 heavy (non-hydrogen) atoms. The first-order valence-corrected chi connectivity index (χ1v) is 8.84. The summed E-state index contributed by atoms with van der Waals surface area (Å²) in [6.45, 7) is 4.53. The third-order valence-electron chi connectivity index (χ3n) is 4.01. The molecule has 0 aliphatic heterocycles. The molecule has 0 unspecified atom stereocenters. The van der Waals surface area contributed by atoms with Gasteiger partial charge in [-0.25, -0.2) is 4.79 Å². The largest absolute Gasteiger partial charge is 0.493 e. The van der Waals surface area contributed by atoms with Crippen LogP contribution >= 0.6 is 0 Å². The number of hydrogen-bond donors (Lipinski definition) is 1. The van der Waals surface area contributed by atoms with E-state index in [4.69, 9.17) is 14.2 Å². The highest BCUT2D eigenvalue weighted by molar-refractivity contribution is 5.92. The Morgan fingerprint density at radius 2 is 1.85 bits per heavy atom. The summed E-state index contributed by atoms with van der Waals surface area (Å²) in [5.74, 6) is 0.0553. The summed E-state index contributed by atoms with van der Waals surface area (Å²) < 4.78 is 15.7. The molecule has 0 bridgehead atoms. The van der Waals surface area contributed by atoms with Gasteiger partial charge in [0.25, 0.3) is 5.91 Å². The predicted molar refractivity (Wildman–Crippen MR) is 102 cm³/mol. The number of methoxy groups -OCH3 is 1. The highest BCUT2D eigenvalue weighted by Crippen LogP contribution is 2.28. The lowest BCUT2D eigenvalue weighted by Gasteiger charge is -2.11. The Morgan fingerprint density at radius 1 is 1.07 bits per heavy atom. The van der Waals surface area contributed by atoms with Gasteiger partial charge in [-0.3, -0.25) is 4.79 Å². The summed E-state index contributed by atoms with van der Waals surface area (Å²) in [4.78, 5) is 24.0. The molecule has 0 fully saturated rings. The van der Waals surface area contributed by atoms with Crippen LogP contribution in [0.3, 0.4) is 0 Å². The molecule has 6 nitrogen and oxygen atoms in total. The fourth-order valence-corrected chi connectivity index (χ4v) is 2.56. The van der Waals surface area contributed by atoms with Gasteiger partial charge in [-0.1, -0.05) is 24.3 Å². The molecule has 0 spiro atoms. The zero-order valence-corrected chi connectivity index (χ0v) is 15.9. The van der Waals surface area contributed by atoms with Crippen molar-refractivity contribution in [2.75, 3.05) is 26.9 Å². The van der Waals surface area contributed by atoms with Crippen LogP contribution < -0.4 is 14.8 Å². The zero-order chi connectivity index (χ0) is 19.6. The molecule has 1 amide bonds. The van der Waals surface area contributed by atoms with Crippen LogP contribution in [-0.4, -0.2) is 38.7 Å². The van der Waals surface area contributed by atoms with Crippen LogP contribution in [-0.2, 0) is 16.0 Å². The second-order valence-electron chi connectivity index (χ2n) is 5.90. The first-order chi connectivity index (χ1) is 13.0. The van der Waals surface area contributed by atoms with Gasteiger partial charge in [0.05, 0.1) is 19.3 Å². The van der Waals surface area contributed by atoms with Gasteiger partial charge in [-0.2, -0.15) is 0 Å². The average molecular weight is 371 g/mol. The predicted octanol–water partition coefficient (Wildman–Crippen LogP) is 2.92. The quantitative estimate of drug-likeness (QED) is 0.686. The Morgan fingerprint density at radius 3 is 2.56 bits per heavy atom. The van der Waals surface area contributed by atoms with Gasteiger partial charge in [-0.15, -0.1) is 0 Å². The van der Waals surface area contributed by atoms with Crippen LogP contribution in [0.5, 0.6) is 11.5 Å². The fourth-order valence-electron chi connectivity index (χ4n) is 2.56. The van der Waals surface area contributed by atoms with E-state index in [2.05, 4.69) is 5.32 Å². The Labute approximate surface area is 159 Å². The van der Waals surface area contributed by atoms with Crippen molar-refractivity contribution in [2.45, 2.75) is 20.3 Å². The molecule has 0 saturated carbocycles. The number of benzene rings is 2. The summed E-state index contributed by atoms with van der Waals surface area (Å²) in [7, 11) is 1.49. The van der Waals surface area contributed by atoms with Crippen LogP contribution in [0.25, 0.3) is 0 Å². The number of amides is 1. The Hall–Kier alpha value is -3.02. The molecule has 0 aliphatic carbocycles. The van der Waals surface area contributed by atoms with E-state index >= 15 is 0 Å². The average Bonchev–Trinajstić information content (AvgIpc) is 2.68. The van der Waals surface area contributed by atoms with Gasteiger partial charge in [0, 0.05) is 6.54 Å². The van der Waals surface area contributed by atoms with Crippen LogP contribution in [0, 0.1) is 6.92 Å².